The van der Waals surface area contributed by atoms with Crippen molar-refractivity contribution in [3.63, 3.8) is 0 Å². The Labute approximate surface area is 197 Å². The minimum atomic E-state index is -0.271. The lowest BCUT2D eigenvalue weighted by molar-refractivity contribution is -0.115. The van der Waals surface area contributed by atoms with E-state index in [2.05, 4.69) is 15.6 Å². The normalized spacial score (nSPS) is 10.6. The van der Waals surface area contributed by atoms with Crippen molar-refractivity contribution >= 4 is 28.8 Å². The zero-order valence-electron chi connectivity index (χ0n) is 19.1. The minimum Gasteiger partial charge on any atom is -0.492 e. The van der Waals surface area contributed by atoms with Crippen LogP contribution in [-0.4, -0.2) is 34.4 Å². The van der Waals surface area contributed by atoms with Crippen molar-refractivity contribution < 1.29 is 19.1 Å². The third-order valence-corrected chi connectivity index (χ3v) is 5.00. The molecule has 2 aromatic heterocycles. The number of nitrogens with one attached hydrogen (secondary N) is 2. The van der Waals surface area contributed by atoms with Crippen LogP contribution in [0.1, 0.15) is 29.9 Å². The highest BCUT2D eigenvalue weighted by atomic mass is 16.5. The number of hydrogen-bond donors (Lipinski definition) is 2. The van der Waals surface area contributed by atoms with Gasteiger partial charge >= 0.3 is 0 Å². The Morgan fingerprint density at radius 1 is 0.882 bits per heavy atom. The number of aromatic nitrogens is 2. The molecular weight excluding hydrogens is 432 g/mol. The fourth-order valence-corrected chi connectivity index (χ4v) is 3.52. The molecule has 174 valence electrons. The van der Waals surface area contributed by atoms with Crippen LogP contribution in [0, 0.1) is 0 Å². The van der Waals surface area contributed by atoms with Crippen molar-refractivity contribution in [2.45, 2.75) is 20.3 Å². The third-order valence-electron chi connectivity index (χ3n) is 5.00. The SMILES string of the molecule is CCOc1cc(NC(=O)c2ccccc2)c(OCC)cc1NC(=O)Cc1cn2ccccc2n1. The van der Waals surface area contributed by atoms with Gasteiger partial charge in [-0.2, -0.15) is 0 Å². The van der Waals surface area contributed by atoms with Gasteiger partial charge in [0.2, 0.25) is 5.91 Å². The first-order chi connectivity index (χ1) is 16.6. The first kappa shape index (κ1) is 22.8. The number of pyridine rings is 1. The second-order valence-electron chi connectivity index (χ2n) is 7.45. The van der Waals surface area contributed by atoms with Gasteiger partial charge in [0.05, 0.1) is 36.7 Å². The lowest BCUT2D eigenvalue weighted by atomic mass is 10.2. The lowest BCUT2D eigenvalue weighted by Crippen LogP contribution is -2.17. The molecule has 0 bridgehead atoms. The Balaban J connectivity index is 1.57. The second-order valence-corrected chi connectivity index (χ2v) is 7.45. The Hall–Kier alpha value is -4.33. The van der Waals surface area contributed by atoms with E-state index in [1.807, 2.05) is 54.9 Å². The highest BCUT2D eigenvalue weighted by Gasteiger charge is 2.17. The molecule has 0 unspecified atom stereocenters. The maximum atomic E-state index is 12.8. The van der Waals surface area contributed by atoms with Crippen molar-refractivity contribution in [2.75, 3.05) is 23.8 Å². The number of benzene rings is 2. The predicted octanol–water partition coefficient (Wildman–Crippen LogP) is 4.57. The quantitative estimate of drug-likeness (QED) is 0.383. The van der Waals surface area contributed by atoms with Crippen molar-refractivity contribution in [2.24, 2.45) is 0 Å². The molecule has 2 aromatic carbocycles. The van der Waals surface area contributed by atoms with Gasteiger partial charge in [-0.15, -0.1) is 0 Å². The van der Waals surface area contributed by atoms with Crippen molar-refractivity contribution in [3.05, 3.63) is 84.3 Å². The van der Waals surface area contributed by atoms with E-state index in [0.717, 1.165) is 5.65 Å². The first-order valence-corrected chi connectivity index (χ1v) is 11.1. The summed E-state index contributed by atoms with van der Waals surface area (Å²) in [5.74, 6) is 0.344. The molecule has 4 aromatic rings. The van der Waals surface area contributed by atoms with E-state index in [1.54, 1.807) is 36.4 Å². The molecule has 34 heavy (non-hydrogen) atoms. The zero-order chi connectivity index (χ0) is 23.9. The monoisotopic (exact) mass is 458 g/mol. The number of imidazole rings is 1. The summed E-state index contributed by atoms with van der Waals surface area (Å²) in [6, 6.07) is 17.9. The van der Waals surface area contributed by atoms with E-state index in [4.69, 9.17) is 9.47 Å². The van der Waals surface area contributed by atoms with Gasteiger partial charge in [-0.25, -0.2) is 4.98 Å². The van der Waals surface area contributed by atoms with Crippen LogP contribution in [0.15, 0.2) is 73.1 Å². The highest BCUT2D eigenvalue weighted by Crippen LogP contribution is 2.37. The molecule has 0 spiro atoms. The predicted molar refractivity (Wildman–Crippen MR) is 131 cm³/mol. The molecular formula is C26H26N4O4. The summed E-state index contributed by atoms with van der Waals surface area (Å²) < 4.78 is 13.4. The van der Waals surface area contributed by atoms with E-state index >= 15 is 0 Å². The van der Waals surface area contributed by atoms with E-state index in [1.165, 1.54) is 0 Å². The summed E-state index contributed by atoms with van der Waals surface area (Å²) >= 11 is 0. The van der Waals surface area contributed by atoms with Crippen molar-refractivity contribution in [1.29, 1.82) is 0 Å². The number of amides is 2. The number of carbonyl (C=O) groups excluding carboxylic acids is 2. The maximum absolute atomic E-state index is 12.8. The summed E-state index contributed by atoms with van der Waals surface area (Å²) in [5.41, 5.74) is 2.86. The van der Waals surface area contributed by atoms with Crippen LogP contribution in [-0.2, 0) is 11.2 Å². The molecule has 0 aliphatic carbocycles. The Kier molecular flexibility index (Phi) is 7.07. The largest absolute Gasteiger partial charge is 0.492 e. The molecule has 2 N–H and O–H groups in total. The van der Waals surface area contributed by atoms with Crippen LogP contribution in [0.5, 0.6) is 11.5 Å². The molecule has 0 aliphatic rings. The molecule has 2 amide bonds. The van der Waals surface area contributed by atoms with Gasteiger partial charge in [0, 0.05) is 30.1 Å². The number of anilines is 2. The molecule has 4 rings (SSSR count). The van der Waals surface area contributed by atoms with Gasteiger partial charge in [-0.1, -0.05) is 24.3 Å². The van der Waals surface area contributed by atoms with Gasteiger partial charge in [0.25, 0.3) is 5.91 Å². The molecule has 8 nitrogen and oxygen atoms in total. The average molecular weight is 459 g/mol. The highest BCUT2D eigenvalue weighted by molar-refractivity contribution is 6.05. The number of fused-ring (bicyclic) bond motifs is 1. The molecule has 2 heterocycles. The van der Waals surface area contributed by atoms with Crippen LogP contribution >= 0.6 is 0 Å². The molecule has 8 heteroatoms. The lowest BCUT2D eigenvalue weighted by Gasteiger charge is -2.17. The van der Waals surface area contributed by atoms with E-state index in [-0.39, 0.29) is 18.2 Å². The summed E-state index contributed by atoms with van der Waals surface area (Å²) in [4.78, 5) is 30.0. The number of hydrogen-bond acceptors (Lipinski definition) is 5. The van der Waals surface area contributed by atoms with Crippen LogP contribution in [0.25, 0.3) is 5.65 Å². The number of ether oxygens (including phenoxy) is 2. The molecule has 0 aliphatic heterocycles. The van der Waals surface area contributed by atoms with Crippen molar-refractivity contribution in [3.8, 4) is 11.5 Å². The van der Waals surface area contributed by atoms with Crippen LogP contribution < -0.4 is 20.1 Å². The minimum absolute atomic E-state index is 0.101. The zero-order valence-corrected chi connectivity index (χ0v) is 19.1. The van der Waals surface area contributed by atoms with Gasteiger partial charge in [-0.3, -0.25) is 9.59 Å². The molecule has 0 atom stereocenters. The van der Waals surface area contributed by atoms with Gasteiger partial charge < -0.3 is 24.5 Å². The summed E-state index contributed by atoms with van der Waals surface area (Å²) in [5, 5.41) is 5.77. The van der Waals surface area contributed by atoms with Gasteiger partial charge in [-0.05, 0) is 38.1 Å². The van der Waals surface area contributed by atoms with Gasteiger partial charge in [0.15, 0.2) is 0 Å². The van der Waals surface area contributed by atoms with Crippen molar-refractivity contribution in [1.82, 2.24) is 9.38 Å². The van der Waals surface area contributed by atoms with E-state index < -0.39 is 0 Å². The smallest absolute Gasteiger partial charge is 0.255 e. The first-order valence-electron chi connectivity index (χ1n) is 11.1. The molecule has 0 radical (unpaired) electrons. The Morgan fingerprint density at radius 3 is 2.18 bits per heavy atom. The summed E-state index contributed by atoms with van der Waals surface area (Å²) in [6.07, 6.45) is 3.81. The van der Waals surface area contributed by atoms with Gasteiger partial charge in [0.1, 0.15) is 17.1 Å². The van der Waals surface area contributed by atoms with E-state index in [9.17, 15) is 9.59 Å². The molecule has 0 saturated heterocycles. The number of rotatable bonds is 9. The average Bonchev–Trinajstić information content (AvgIpc) is 3.24. The number of nitrogens with zero attached hydrogens (tertiary/aromatic N) is 2. The topological polar surface area (TPSA) is 94.0 Å². The van der Waals surface area contributed by atoms with Crippen LogP contribution in [0.2, 0.25) is 0 Å². The number of carbonyl (C=O) groups is 2. The summed E-state index contributed by atoms with van der Waals surface area (Å²) in [7, 11) is 0. The Bertz CT molecular complexity index is 1270. The second kappa shape index (κ2) is 10.5. The molecule has 0 saturated carbocycles. The fourth-order valence-electron chi connectivity index (χ4n) is 3.52. The third kappa shape index (κ3) is 5.35. The maximum Gasteiger partial charge on any atom is 0.255 e. The van der Waals surface area contributed by atoms with E-state index in [0.29, 0.717) is 47.3 Å². The molecule has 0 fully saturated rings. The van der Waals surface area contributed by atoms with Crippen LogP contribution in [0.3, 0.4) is 0 Å². The fraction of sp³-hybridized carbons (Fsp3) is 0.192. The standard InChI is InChI=1S/C26H26N4O4/c1-3-33-22-16-21(29-26(32)18-10-6-5-7-11-18)23(34-4-2)15-20(22)28-25(31)14-19-17-30-13-9-8-12-24(30)27-19/h5-13,15-17H,3-4,14H2,1-2H3,(H,28,31)(H,29,32). The summed E-state index contributed by atoms with van der Waals surface area (Å²) in [6.45, 7) is 4.47. The Morgan fingerprint density at radius 2 is 1.53 bits per heavy atom. The van der Waals surface area contributed by atoms with Crippen LogP contribution in [0.4, 0.5) is 11.4 Å².